The van der Waals surface area contributed by atoms with Crippen LogP contribution in [0.1, 0.15) is 18.4 Å². The first-order chi connectivity index (χ1) is 11.9. The summed E-state index contributed by atoms with van der Waals surface area (Å²) in [6, 6.07) is 19.2. The van der Waals surface area contributed by atoms with Crippen molar-refractivity contribution in [3.05, 3.63) is 90.0 Å². The predicted octanol–water partition coefficient (Wildman–Crippen LogP) is 3.61. The fourth-order valence-electron chi connectivity index (χ4n) is 2.90. The molecule has 25 heavy (non-hydrogen) atoms. The van der Waals surface area contributed by atoms with Gasteiger partial charge in [0.05, 0.1) is 6.26 Å². The maximum atomic E-state index is 11.9. The van der Waals surface area contributed by atoms with E-state index in [1.54, 1.807) is 18.2 Å². The molecule has 2 aromatic carbocycles. The van der Waals surface area contributed by atoms with Gasteiger partial charge < -0.3 is 4.74 Å². The highest BCUT2D eigenvalue weighted by Gasteiger charge is 2.37. The van der Waals surface area contributed by atoms with Crippen LogP contribution in [-0.2, 0) is 10.0 Å². The van der Waals surface area contributed by atoms with Crippen LogP contribution >= 0.6 is 0 Å². The molecule has 0 spiro atoms. The zero-order valence-corrected chi connectivity index (χ0v) is 15.0. The van der Waals surface area contributed by atoms with Crippen molar-refractivity contribution in [2.45, 2.75) is 18.6 Å². The lowest BCUT2D eigenvalue weighted by atomic mass is 9.87. The monoisotopic (exact) mass is 355 g/mol. The summed E-state index contributed by atoms with van der Waals surface area (Å²) in [5.41, 5.74) is 0.712. The Balaban J connectivity index is 1.97. The fraction of sp³-hybridized carbons (Fsp3) is 0.200. The molecule has 0 saturated carbocycles. The number of allylic oxidation sites excluding steroid dienone is 2. The maximum Gasteiger partial charge on any atom is 0.214 e. The van der Waals surface area contributed by atoms with Gasteiger partial charge in [0.1, 0.15) is 5.75 Å². The number of rotatable bonds is 5. The van der Waals surface area contributed by atoms with Crippen molar-refractivity contribution in [3.8, 4) is 5.75 Å². The van der Waals surface area contributed by atoms with E-state index in [1.165, 1.54) is 0 Å². The second-order valence-corrected chi connectivity index (χ2v) is 7.92. The molecule has 0 amide bonds. The molecule has 130 valence electrons. The molecule has 1 N–H and O–H groups in total. The Labute approximate surface area is 148 Å². The zero-order valence-electron chi connectivity index (χ0n) is 14.2. The molecule has 1 aliphatic rings. The topological polar surface area (TPSA) is 55.4 Å². The van der Waals surface area contributed by atoms with Gasteiger partial charge in [0.15, 0.2) is 0 Å². The first kappa shape index (κ1) is 17.5. The van der Waals surface area contributed by atoms with Crippen LogP contribution in [0.3, 0.4) is 0 Å². The summed E-state index contributed by atoms with van der Waals surface area (Å²) in [5.74, 6) is 0.671. The molecule has 0 bridgehead atoms. The predicted molar refractivity (Wildman–Crippen MR) is 99.9 cm³/mol. The van der Waals surface area contributed by atoms with Gasteiger partial charge in [0, 0.05) is 5.92 Å². The van der Waals surface area contributed by atoms with Crippen molar-refractivity contribution < 1.29 is 13.2 Å². The van der Waals surface area contributed by atoms with E-state index in [9.17, 15) is 8.42 Å². The number of hydrogen-bond donors (Lipinski definition) is 1. The van der Waals surface area contributed by atoms with Gasteiger partial charge in [-0.1, -0.05) is 60.7 Å². The van der Waals surface area contributed by atoms with Gasteiger partial charge in [-0.3, -0.25) is 0 Å². The molecule has 4 nitrogen and oxygen atoms in total. The third-order valence-corrected chi connectivity index (χ3v) is 4.77. The van der Waals surface area contributed by atoms with E-state index in [0.29, 0.717) is 5.75 Å². The smallest absolute Gasteiger partial charge is 0.214 e. The van der Waals surface area contributed by atoms with Crippen molar-refractivity contribution >= 4 is 10.0 Å². The summed E-state index contributed by atoms with van der Waals surface area (Å²) in [6.07, 6.45) is 6.90. The lowest BCUT2D eigenvalue weighted by molar-refractivity contribution is 0.144. The van der Waals surface area contributed by atoms with Crippen LogP contribution in [0.25, 0.3) is 0 Å². The number of ether oxygens (including phenoxy) is 1. The lowest BCUT2D eigenvalue weighted by Gasteiger charge is -2.36. The molecular weight excluding hydrogens is 334 g/mol. The summed E-state index contributed by atoms with van der Waals surface area (Å²) >= 11 is 0. The van der Waals surface area contributed by atoms with E-state index < -0.39 is 15.7 Å². The summed E-state index contributed by atoms with van der Waals surface area (Å²) in [4.78, 5) is 0. The van der Waals surface area contributed by atoms with Crippen LogP contribution in [0.4, 0.5) is 0 Å². The molecule has 0 fully saturated rings. The second kappa shape index (κ2) is 6.86. The molecule has 0 heterocycles. The third-order valence-electron chi connectivity index (χ3n) is 4.10. The maximum absolute atomic E-state index is 11.9. The van der Waals surface area contributed by atoms with Crippen LogP contribution in [0.15, 0.2) is 84.5 Å². The summed E-state index contributed by atoms with van der Waals surface area (Å²) < 4.78 is 32.6. The van der Waals surface area contributed by atoms with Crippen LogP contribution < -0.4 is 9.46 Å². The Hall–Kier alpha value is -2.37. The van der Waals surface area contributed by atoms with Gasteiger partial charge in [-0.2, -0.15) is 4.72 Å². The van der Waals surface area contributed by atoms with E-state index in [4.69, 9.17) is 4.74 Å². The summed E-state index contributed by atoms with van der Waals surface area (Å²) in [6.45, 7) is 1.88. The highest BCUT2D eigenvalue weighted by atomic mass is 32.2. The minimum Gasteiger partial charge on any atom is -0.464 e. The van der Waals surface area contributed by atoms with Gasteiger partial charge in [-0.25, -0.2) is 8.42 Å². The first-order valence-corrected chi connectivity index (χ1v) is 9.93. The van der Waals surface area contributed by atoms with Crippen LogP contribution in [-0.4, -0.2) is 20.4 Å². The molecule has 0 radical (unpaired) electrons. The molecule has 5 heteroatoms. The third kappa shape index (κ3) is 4.18. The molecule has 3 rings (SSSR count). The van der Waals surface area contributed by atoms with Gasteiger partial charge in [0.2, 0.25) is 15.7 Å². The Morgan fingerprint density at radius 3 is 2.16 bits per heavy atom. The van der Waals surface area contributed by atoms with Crippen molar-refractivity contribution in [1.82, 2.24) is 4.72 Å². The standard InChI is InChI=1S/C20H21NO3S/c1-16-15-18(17-9-5-3-6-10-17)13-14-20(16,21-25(2,22)23)24-19-11-7-4-8-12-19/h3-15,18,21H,1-2H3. The van der Waals surface area contributed by atoms with Crippen LogP contribution in [0.5, 0.6) is 5.75 Å². The minimum absolute atomic E-state index is 0.0788. The fourth-order valence-corrected chi connectivity index (χ4v) is 3.72. The average molecular weight is 355 g/mol. The average Bonchev–Trinajstić information content (AvgIpc) is 2.58. The molecule has 2 atom stereocenters. The second-order valence-electron chi connectivity index (χ2n) is 6.17. The highest BCUT2D eigenvalue weighted by molar-refractivity contribution is 7.88. The largest absolute Gasteiger partial charge is 0.464 e. The number of hydrogen-bond acceptors (Lipinski definition) is 3. The quantitative estimate of drug-likeness (QED) is 0.658. The van der Waals surface area contributed by atoms with Gasteiger partial charge in [-0.05, 0) is 36.3 Å². The van der Waals surface area contributed by atoms with E-state index in [2.05, 4.69) is 4.72 Å². The summed E-state index contributed by atoms with van der Waals surface area (Å²) in [5, 5.41) is 0. The summed E-state index contributed by atoms with van der Waals surface area (Å²) in [7, 11) is -3.48. The van der Waals surface area contributed by atoms with Crippen molar-refractivity contribution in [1.29, 1.82) is 0 Å². The van der Waals surface area contributed by atoms with Crippen LogP contribution in [0, 0.1) is 0 Å². The first-order valence-electron chi connectivity index (χ1n) is 8.04. The van der Waals surface area contributed by atoms with Crippen molar-refractivity contribution in [2.75, 3.05) is 6.26 Å². The van der Waals surface area contributed by atoms with Gasteiger partial charge >= 0.3 is 0 Å². The Bertz CT molecular complexity index is 889. The molecule has 0 aromatic heterocycles. The van der Waals surface area contributed by atoms with Crippen molar-refractivity contribution in [3.63, 3.8) is 0 Å². The van der Waals surface area contributed by atoms with E-state index in [-0.39, 0.29) is 5.92 Å². The Kier molecular flexibility index (Phi) is 4.79. The SMILES string of the molecule is CC1=CC(c2ccccc2)C=CC1(NS(C)(=O)=O)Oc1ccccc1. The lowest BCUT2D eigenvalue weighted by Crippen LogP contribution is -2.53. The number of para-hydroxylation sites is 1. The van der Waals surface area contributed by atoms with Crippen molar-refractivity contribution in [2.24, 2.45) is 0 Å². The molecule has 2 unspecified atom stereocenters. The van der Waals surface area contributed by atoms with Gasteiger partial charge in [-0.15, -0.1) is 0 Å². The van der Waals surface area contributed by atoms with E-state index in [0.717, 1.165) is 17.4 Å². The molecular formula is C20H21NO3S. The number of nitrogens with one attached hydrogen (secondary N) is 1. The molecule has 2 aromatic rings. The number of benzene rings is 2. The Morgan fingerprint density at radius 2 is 1.60 bits per heavy atom. The zero-order chi connectivity index (χ0) is 17.9. The number of sulfonamides is 1. The Morgan fingerprint density at radius 1 is 1.00 bits per heavy atom. The van der Waals surface area contributed by atoms with Gasteiger partial charge in [0.25, 0.3) is 0 Å². The minimum atomic E-state index is -3.48. The van der Waals surface area contributed by atoms with Crippen LogP contribution in [0.2, 0.25) is 0 Å². The van der Waals surface area contributed by atoms with E-state index >= 15 is 0 Å². The molecule has 1 aliphatic carbocycles. The normalized spacial score (nSPS) is 23.1. The molecule has 0 aliphatic heterocycles. The molecule has 0 saturated heterocycles. The highest BCUT2D eigenvalue weighted by Crippen LogP contribution is 2.33. The van der Waals surface area contributed by atoms with E-state index in [1.807, 2.05) is 67.6 Å².